The first-order chi connectivity index (χ1) is 9.73. The molecule has 2 heteroatoms. The molecular weight excluding hydrogens is 248 g/mol. The van der Waals surface area contributed by atoms with Crippen molar-refractivity contribution in [2.45, 2.75) is 65.0 Å². The highest BCUT2D eigenvalue weighted by molar-refractivity contribution is 5.45. The van der Waals surface area contributed by atoms with Crippen LogP contribution in [0, 0.1) is 0 Å². The lowest BCUT2D eigenvalue weighted by Crippen LogP contribution is -2.37. The van der Waals surface area contributed by atoms with E-state index in [4.69, 9.17) is 9.47 Å². The zero-order chi connectivity index (χ0) is 14.8. The Hall–Kier alpha value is -1.12. The van der Waals surface area contributed by atoms with Gasteiger partial charge in [0.25, 0.3) is 0 Å². The molecule has 2 nitrogen and oxygen atoms in total. The highest BCUT2D eigenvalue weighted by Crippen LogP contribution is 2.23. The standard InChI is InChI=1S/C10H20O2.C8H8/c1-4-8-7-9(5-2)12-10(6-3)11-8;1-2-8-6-4-3-5-7-8/h8-10H,4-7H2,1-3H3;2-7H,1H2. The van der Waals surface area contributed by atoms with Gasteiger partial charge in [0.05, 0.1) is 12.2 Å². The highest BCUT2D eigenvalue weighted by Gasteiger charge is 2.26. The first-order valence-corrected chi connectivity index (χ1v) is 7.71. The van der Waals surface area contributed by atoms with Crippen LogP contribution >= 0.6 is 0 Å². The fourth-order valence-electron chi connectivity index (χ4n) is 2.17. The van der Waals surface area contributed by atoms with Gasteiger partial charge in [-0.15, -0.1) is 0 Å². The first-order valence-electron chi connectivity index (χ1n) is 7.71. The van der Waals surface area contributed by atoms with Gasteiger partial charge in [0.2, 0.25) is 0 Å². The van der Waals surface area contributed by atoms with E-state index in [1.165, 1.54) is 5.56 Å². The van der Waals surface area contributed by atoms with Crippen molar-refractivity contribution in [1.29, 1.82) is 0 Å². The predicted octanol–water partition coefficient (Wildman–Crippen LogP) is 5.05. The van der Waals surface area contributed by atoms with Gasteiger partial charge >= 0.3 is 0 Å². The summed E-state index contributed by atoms with van der Waals surface area (Å²) in [6.45, 7) is 10.1. The van der Waals surface area contributed by atoms with E-state index < -0.39 is 0 Å². The lowest BCUT2D eigenvalue weighted by atomic mass is 10.1. The van der Waals surface area contributed by atoms with Crippen LogP contribution in [0.5, 0.6) is 0 Å². The summed E-state index contributed by atoms with van der Waals surface area (Å²) in [5.41, 5.74) is 1.17. The molecule has 2 atom stereocenters. The Morgan fingerprint density at radius 2 is 1.55 bits per heavy atom. The SMILES string of the molecule is C=Cc1ccccc1.CCC1CC(CC)OC(CC)O1. The van der Waals surface area contributed by atoms with E-state index >= 15 is 0 Å². The van der Waals surface area contributed by atoms with Crippen LogP contribution in [0.3, 0.4) is 0 Å². The van der Waals surface area contributed by atoms with Crippen molar-refractivity contribution in [3.8, 4) is 0 Å². The van der Waals surface area contributed by atoms with Gasteiger partial charge in [-0.05, 0) is 31.2 Å². The van der Waals surface area contributed by atoms with Crippen molar-refractivity contribution < 1.29 is 9.47 Å². The predicted molar refractivity (Wildman–Crippen MR) is 85.6 cm³/mol. The zero-order valence-electron chi connectivity index (χ0n) is 13.0. The molecule has 0 bridgehead atoms. The summed E-state index contributed by atoms with van der Waals surface area (Å²) in [4.78, 5) is 0. The minimum absolute atomic E-state index is 0.0497. The van der Waals surface area contributed by atoms with Crippen LogP contribution in [0.1, 0.15) is 52.0 Å². The summed E-state index contributed by atoms with van der Waals surface area (Å²) >= 11 is 0. The lowest BCUT2D eigenvalue weighted by Gasteiger charge is -2.34. The van der Waals surface area contributed by atoms with Crippen LogP contribution in [-0.2, 0) is 9.47 Å². The number of hydrogen-bond donors (Lipinski definition) is 0. The second kappa shape index (κ2) is 9.73. The third kappa shape index (κ3) is 5.89. The molecule has 0 saturated carbocycles. The summed E-state index contributed by atoms with van der Waals surface area (Å²) in [5, 5.41) is 0. The van der Waals surface area contributed by atoms with Gasteiger partial charge in [-0.25, -0.2) is 0 Å². The maximum atomic E-state index is 5.69. The Morgan fingerprint density at radius 3 is 1.90 bits per heavy atom. The van der Waals surface area contributed by atoms with E-state index in [-0.39, 0.29) is 6.29 Å². The molecule has 0 aromatic heterocycles. The van der Waals surface area contributed by atoms with E-state index in [2.05, 4.69) is 27.4 Å². The smallest absolute Gasteiger partial charge is 0.158 e. The number of benzene rings is 1. The molecule has 1 heterocycles. The molecule has 0 amide bonds. The quantitative estimate of drug-likeness (QED) is 0.766. The van der Waals surface area contributed by atoms with Crippen molar-refractivity contribution in [2.24, 2.45) is 0 Å². The molecule has 112 valence electrons. The molecule has 1 aliphatic rings. The van der Waals surface area contributed by atoms with Crippen LogP contribution in [0.4, 0.5) is 0 Å². The van der Waals surface area contributed by atoms with E-state index in [0.29, 0.717) is 12.2 Å². The second-order valence-corrected chi connectivity index (χ2v) is 5.02. The normalized spacial score (nSPS) is 25.4. The summed E-state index contributed by atoms with van der Waals surface area (Å²) in [6.07, 6.45) is 6.99. The van der Waals surface area contributed by atoms with Gasteiger partial charge in [-0.2, -0.15) is 0 Å². The first kappa shape index (κ1) is 16.9. The molecule has 2 unspecified atom stereocenters. The van der Waals surface area contributed by atoms with Gasteiger partial charge in [0, 0.05) is 0 Å². The minimum Gasteiger partial charge on any atom is -0.349 e. The van der Waals surface area contributed by atoms with E-state index in [1.54, 1.807) is 0 Å². The fourth-order valence-corrected chi connectivity index (χ4v) is 2.17. The number of hydrogen-bond acceptors (Lipinski definition) is 2. The van der Waals surface area contributed by atoms with Crippen molar-refractivity contribution in [2.75, 3.05) is 0 Å². The van der Waals surface area contributed by atoms with Crippen molar-refractivity contribution >= 4 is 6.08 Å². The maximum Gasteiger partial charge on any atom is 0.158 e. The van der Waals surface area contributed by atoms with Crippen LogP contribution in [0.2, 0.25) is 0 Å². The molecule has 0 spiro atoms. The third-order valence-electron chi connectivity index (χ3n) is 3.49. The molecule has 0 radical (unpaired) electrons. The van der Waals surface area contributed by atoms with Crippen LogP contribution in [0.15, 0.2) is 36.9 Å². The van der Waals surface area contributed by atoms with Gasteiger partial charge in [0.1, 0.15) is 0 Å². The van der Waals surface area contributed by atoms with E-state index in [0.717, 1.165) is 25.7 Å². The van der Waals surface area contributed by atoms with Crippen LogP contribution in [0.25, 0.3) is 6.08 Å². The fraction of sp³-hybridized carbons (Fsp3) is 0.556. The monoisotopic (exact) mass is 276 g/mol. The van der Waals surface area contributed by atoms with Crippen molar-refractivity contribution in [1.82, 2.24) is 0 Å². The molecule has 1 aliphatic heterocycles. The maximum absolute atomic E-state index is 5.69. The molecule has 2 rings (SSSR count). The number of rotatable bonds is 4. The van der Waals surface area contributed by atoms with Crippen LogP contribution in [-0.4, -0.2) is 18.5 Å². The molecule has 1 aromatic carbocycles. The number of ether oxygens (including phenoxy) is 2. The van der Waals surface area contributed by atoms with Gasteiger partial charge in [-0.1, -0.05) is 63.8 Å². The Balaban J connectivity index is 0.000000217. The summed E-state index contributed by atoms with van der Waals surface area (Å²) in [5.74, 6) is 0. The summed E-state index contributed by atoms with van der Waals surface area (Å²) in [7, 11) is 0. The topological polar surface area (TPSA) is 18.5 Å². The largest absolute Gasteiger partial charge is 0.349 e. The average Bonchev–Trinajstić information content (AvgIpc) is 2.55. The van der Waals surface area contributed by atoms with Crippen molar-refractivity contribution in [3.05, 3.63) is 42.5 Å². The Labute approximate surface area is 123 Å². The van der Waals surface area contributed by atoms with Gasteiger partial charge < -0.3 is 9.47 Å². The van der Waals surface area contributed by atoms with Crippen LogP contribution < -0.4 is 0 Å². The summed E-state index contributed by atoms with van der Waals surface area (Å²) in [6, 6.07) is 10.0. The Kier molecular flexibility index (Phi) is 8.24. The highest BCUT2D eigenvalue weighted by atomic mass is 16.7. The molecule has 20 heavy (non-hydrogen) atoms. The lowest BCUT2D eigenvalue weighted by molar-refractivity contribution is -0.243. The zero-order valence-corrected chi connectivity index (χ0v) is 13.0. The molecule has 1 aromatic rings. The Morgan fingerprint density at radius 1 is 1.00 bits per heavy atom. The Bertz CT molecular complexity index is 331. The van der Waals surface area contributed by atoms with E-state index in [1.807, 2.05) is 36.4 Å². The molecular formula is C18H28O2. The molecule has 1 fully saturated rings. The van der Waals surface area contributed by atoms with Gasteiger partial charge in [-0.3, -0.25) is 0 Å². The molecule has 0 N–H and O–H groups in total. The minimum atomic E-state index is 0.0497. The van der Waals surface area contributed by atoms with Gasteiger partial charge in [0.15, 0.2) is 6.29 Å². The third-order valence-corrected chi connectivity index (χ3v) is 3.49. The average molecular weight is 276 g/mol. The summed E-state index contributed by atoms with van der Waals surface area (Å²) < 4.78 is 11.4. The molecule has 0 aliphatic carbocycles. The molecule has 1 saturated heterocycles. The second-order valence-electron chi connectivity index (χ2n) is 5.02. The van der Waals surface area contributed by atoms with Crippen molar-refractivity contribution in [3.63, 3.8) is 0 Å². The van der Waals surface area contributed by atoms with E-state index in [9.17, 15) is 0 Å².